The van der Waals surface area contributed by atoms with Gasteiger partial charge >= 0.3 is 0 Å². The Labute approximate surface area is 162 Å². The summed E-state index contributed by atoms with van der Waals surface area (Å²) in [7, 11) is 0. The van der Waals surface area contributed by atoms with E-state index >= 15 is 0 Å². The summed E-state index contributed by atoms with van der Waals surface area (Å²) in [4.78, 5) is 4.77. The minimum absolute atomic E-state index is 0.183. The Hall–Kier alpha value is -2.53. The lowest BCUT2D eigenvalue weighted by Crippen LogP contribution is -2.11. The van der Waals surface area contributed by atoms with Crippen molar-refractivity contribution < 1.29 is 9.13 Å². The lowest BCUT2D eigenvalue weighted by molar-refractivity contribution is 0.323. The Morgan fingerprint density at radius 1 is 1.00 bits per heavy atom. The molecule has 2 heterocycles. The topological polar surface area (TPSA) is 26.5 Å². The normalized spacial score (nSPS) is 16.2. The van der Waals surface area contributed by atoms with Crippen LogP contribution in [0.15, 0.2) is 77.9 Å². The maximum absolute atomic E-state index is 13.1. The van der Waals surface area contributed by atoms with Gasteiger partial charge in [-0.25, -0.2) is 9.38 Å². The fraction of sp³-hybridized carbons (Fsp3) is 0.227. The molecular weight excluding hydrogens is 359 g/mol. The molecule has 5 heteroatoms. The maximum Gasteiger partial charge on any atom is 0.233 e. The fourth-order valence-electron chi connectivity index (χ4n) is 3.06. The molecule has 0 N–H and O–H groups in total. The smallest absolute Gasteiger partial charge is 0.233 e. The highest BCUT2D eigenvalue weighted by Crippen LogP contribution is 2.20. The first kappa shape index (κ1) is 17.9. The van der Waals surface area contributed by atoms with Crippen molar-refractivity contribution in [1.82, 2.24) is 4.57 Å². The first-order valence-electron chi connectivity index (χ1n) is 9.00. The number of ether oxygens (including phenoxy) is 1. The molecule has 0 saturated heterocycles. The summed E-state index contributed by atoms with van der Waals surface area (Å²) in [6, 6.07) is 21.2. The van der Waals surface area contributed by atoms with Crippen molar-refractivity contribution in [3.05, 3.63) is 95.6 Å². The highest BCUT2D eigenvalue weighted by atomic mass is 32.2. The predicted octanol–water partition coefficient (Wildman–Crippen LogP) is 4.75. The van der Waals surface area contributed by atoms with Gasteiger partial charge in [-0.3, -0.25) is 0 Å². The van der Waals surface area contributed by atoms with E-state index in [1.54, 1.807) is 12.1 Å². The molecule has 3 aromatic rings. The monoisotopic (exact) mass is 380 g/mol. The molecule has 2 aromatic carbocycles. The van der Waals surface area contributed by atoms with Gasteiger partial charge in [0.25, 0.3) is 0 Å². The van der Waals surface area contributed by atoms with Crippen LogP contribution in [0.5, 0.6) is 0 Å². The standard InChI is InChI=1S/C22H21FN2OS/c23-19-10-8-17(9-11-19)13-25-12-4-7-21(25)22-24-20(14-26-22)16-27-15-18-5-2-1-3-6-18/h1-12,20H,13-16H2/t20-/m0/s1. The van der Waals surface area contributed by atoms with Crippen LogP contribution in [-0.4, -0.2) is 28.9 Å². The van der Waals surface area contributed by atoms with Crippen LogP contribution in [0.25, 0.3) is 0 Å². The number of halogens is 1. The molecule has 1 aliphatic rings. The van der Waals surface area contributed by atoms with Crippen LogP contribution in [0.2, 0.25) is 0 Å². The number of nitrogens with zero attached hydrogens (tertiary/aromatic N) is 2. The minimum Gasteiger partial charge on any atom is -0.474 e. The van der Waals surface area contributed by atoms with E-state index in [1.807, 2.05) is 36.2 Å². The van der Waals surface area contributed by atoms with Crippen molar-refractivity contribution in [2.24, 2.45) is 4.99 Å². The third-order valence-electron chi connectivity index (χ3n) is 4.45. The Morgan fingerprint density at radius 3 is 2.63 bits per heavy atom. The number of benzene rings is 2. The number of thioether (sulfide) groups is 1. The van der Waals surface area contributed by atoms with Gasteiger partial charge in [0.2, 0.25) is 5.90 Å². The van der Waals surface area contributed by atoms with Crippen LogP contribution in [0, 0.1) is 5.82 Å². The van der Waals surface area contributed by atoms with Crippen molar-refractivity contribution in [3.8, 4) is 0 Å². The molecule has 1 aliphatic heterocycles. The molecule has 0 bridgehead atoms. The molecule has 3 nitrogen and oxygen atoms in total. The molecule has 0 saturated carbocycles. The average Bonchev–Trinajstić information content (AvgIpc) is 3.34. The van der Waals surface area contributed by atoms with Gasteiger partial charge in [-0.05, 0) is 35.4 Å². The zero-order valence-corrected chi connectivity index (χ0v) is 15.7. The van der Waals surface area contributed by atoms with Gasteiger partial charge in [0.1, 0.15) is 18.1 Å². The molecule has 0 fully saturated rings. The van der Waals surface area contributed by atoms with E-state index in [9.17, 15) is 4.39 Å². The van der Waals surface area contributed by atoms with E-state index in [-0.39, 0.29) is 11.9 Å². The van der Waals surface area contributed by atoms with E-state index < -0.39 is 0 Å². The van der Waals surface area contributed by atoms with Crippen LogP contribution in [0.1, 0.15) is 16.8 Å². The lowest BCUT2D eigenvalue weighted by atomic mass is 10.2. The second kappa shape index (κ2) is 8.44. The molecule has 4 rings (SSSR count). The van der Waals surface area contributed by atoms with Gasteiger partial charge in [-0.15, -0.1) is 0 Å². The van der Waals surface area contributed by atoms with Crippen LogP contribution >= 0.6 is 11.8 Å². The van der Waals surface area contributed by atoms with Crippen molar-refractivity contribution in [2.45, 2.75) is 18.3 Å². The summed E-state index contributed by atoms with van der Waals surface area (Å²) in [5, 5.41) is 0. The number of hydrogen-bond donors (Lipinski definition) is 0. The highest BCUT2D eigenvalue weighted by molar-refractivity contribution is 7.98. The van der Waals surface area contributed by atoms with Gasteiger partial charge in [0, 0.05) is 24.2 Å². The lowest BCUT2D eigenvalue weighted by Gasteiger charge is -2.09. The first-order valence-corrected chi connectivity index (χ1v) is 10.2. The quantitative estimate of drug-likeness (QED) is 0.591. The summed E-state index contributed by atoms with van der Waals surface area (Å²) < 4.78 is 21.1. The molecule has 0 aliphatic carbocycles. The molecule has 138 valence electrons. The van der Waals surface area contributed by atoms with Gasteiger partial charge in [0.05, 0.1) is 6.04 Å². The van der Waals surface area contributed by atoms with E-state index in [2.05, 4.69) is 28.8 Å². The van der Waals surface area contributed by atoms with Gasteiger partial charge in [-0.2, -0.15) is 11.8 Å². The van der Waals surface area contributed by atoms with E-state index in [0.29, 0.717) is 19.0 Å². The Morgan fingerprint density at radius 2 is 1.81 bits per heavy atom. The largest absolute Gasteiger partial charge is 0.474 e. The Kier molecular flexibility index (Phi) is 5.58. The summed E-state index contributed by atoms with van der Waals surface area (Å²) in [5.74, 6) is 2.42. The molecule has 1 atom stereocenters. The van der Waals surface area contributed by atoms with Crippen molar-refractivity contribution in [1.29, 1.82) is 0 Å². The number of aliphatic imine (C=N–C) groups is 1. The van der Waals surface area contributed by atoms with E-state index in [0.717, 1.165) is 22.8 Å². The maximum atomic E-state index is 13.1. The molecule has 0 radical (unpaired) electrons. The van der Waals surface area contributed by atoms with Crippen molar-refractivity contribution in [3.63, 3.8) is 0 Å². The van der Waals surface area contributed by atoms with Gasteiger partial charge < -0.3 is 9.30 Å². The Bertz CT molecular complexity index is 906. The summed E-state index contributed by atoms with van der Waals surface area (Å²) >= 11 is 1.88. The second-order valence-electron chi connectivity index (χ2n) is 6.55. The SMILES string of the molecule is Fc1ccc(Cn2cccc2C2=N[C@H](CSCc3ccccc3)CO2)cc1. The average molecular weight is 380 g/mol. The zero-order chi connectivity index (χ0) is 18.5. The Balaban J connectivity index is 1.37. The van der Waals surface area contributed by atoms with Crippen LogP contribution < -0.4 is 0 Å². The molecular formula is C22H21FN2OS. The van der Waals surface area contributed by atoms with Crippen LogP contribution in [-0.2, 0) is 17.0 Å². The molecule has 0 spiro atoms. The third kappa shape index (κ3) is 4.61. The fourth-order valence-corrected chi connectivity index (χ4v) is 4.05. The van der Waals surface area contributed by atoms with Crippen LogP contribution in [0.3, 0.4) is 0 Å². The van der Waals surface area contributed by atoms with Gasteiger partial charge in [-0.1, -0.05) is 42.5 Å². The zero-order valence-electron chi connectivity index (χ0n) is 14.9. The van der Waals surface area contributed by atoms with E-state index in [4.69, 9.17) is 9.73 Å². The molecule has 0 unspecified atom stereocenters. The number of aromatic nitrogens is 1. The summed E-state index contributed by atoms with van der Waals surface area (Å²) in [5.41, 5.74) is 3.34. The first-order chi connectivity index (χ1) is 13.3. The second-order valence-corrected chi connectivity index (χ2v) is 7.58. The van der Waals surface area contributed by atoms with Gasteiger partial charge in [0.15, 0.2) is 0 Å². The minimum atomic E-state index is -0.217. The molecule has 0 amide bonds. The summed E-state index contributed by atoms with van der Waals surface area (Å²) in [6.45, 7) is 1.29. The van der Waals surface area contributed by atoms with Crippen molar-refractivity contribution in [2.75, 3.05) is 12.4 Å². The molecule has 27 heavy (non-hydrogen) atoms. The van der Waals surface area contributed by atoms with Crippen LogP contribution in [0.4, 0.5) is 4.39 Å². The number of hydrogen-bond acceptors (Lipinski definition) is 3. The number of rotatable bonds is 7. The van der Waals surface area contributed by atoms with Crippen molar-refractivity contribution >= 4 is 17.7 Å². The van der Waals surface area contributed by atoms with E-state index in [1.165, 1.54) is 17.7 Å². The highest BCUT2D eigenvalue weighted by Gasteiger charge is 2.22. The third-order valence-corrected chi connectivity index (χ3v) is 5.61. The molecule has 1 aromatic heterocycles. The summed E-state index contributed by atoms with van der Waals surface area (Å²) in [6.07, 6.45) is 2.00. The predicted molar refractivity (Wildman–Crippen MR) is 109 cm³/mol.